The molecule has 0 amide bonds. The summed E-state index contributed by atoms with van der Waals surface area (Å²) in [5.41, 5.74) is 4.63. The van der Waals surface area contributed by atoms with Crippen molar-refractivity contribution in [3.63, 3.8) is 0 Å². The summed E-state index contributed by atoms with van der Waals surface area (Å²) in [6, 6.07) is 19.7. The third kappa shape index (κ3) is 2.96. The lowest BCUT2D eigenvalue weighted by atomic mass is 9.89. The Morgan fingerprint density at radius 2 is 1.19 bits per heavy atom. The SMILES string of the molecule is Cc1c(-c2ccccc2F)ccc(-c2cc(Br)c3ccccc3c2F)c1C. The fraction of sp³-hybridized carbons (Fsp3) is 0.0833. The van der Waals surface area contributed by atoms with Crippen molar-refractivity contribution in [3.05, 3.63) is 94.0 Å². The van der Waals surface area contributed by atoms with Crippen LogP contribution in [-0.4, -0.2) is 0 Å². The van der Waals surface area contributed by atoms with Gasteiger partial charge in [-0.3, -0.25) is 0 Å². The number of hydrogen-bond donors (Lipinski definition) is 0. The van der Waals surface area contributed by atoms with Crippen LogP contribution in [0.25, 0.3) is 33.0 Å². The second kappa shape index (κ2) is 6.90. The maximum absolute atomic E-state index is 15.3. The molecule has 0 aliphatic carbocycles. The predicted octanol–water partition coefficient (Wildman–Crippen LogP) is 7.83. The van der Waals surface area contributed by atoms with E-state index in [1.165, 1.54) is 6.07 Å². The third-order valence-corrected chi connectivity index (χ3v) is 5.83. The Morgan fingerprint density at radius 3 is 1.85 bits per heavy atom. The molecule has 0 atom stereocenters. The van der Waals surface area contributed by atoms with Gasteiger partial charge in [0.2, 0.25) is 0 Å². The number of benzene rings is 4. The summed E-state index contributed by atoms with van der Waals surface area (Å²) in [7, 11) is 0. The molecule has 4 aromatic rings. The second-order valence-electron chi connectivity index (χ2n) is 6.66. The minimum atomic E-state index is -0.257. The Kier molecular flexibility index (Phi) is 4.56. The summed E-state index contributed by atoms with van der Waals surface area (Å²) in [6.45, 7) is 3.91. The Balaban J connectivity index is 1.94. The quantitative estimate of drug-likeness (QED) is 0.308. The van der Waals surface area contributed by atoms with E-state index < -0.39 is 0 Å². The van der Waals surface area contributed by atoms with Crippen molar-refractivity contribution in [1.29, 1.82) is 0 Å². The van der Waals surface area contributed by atoms with Gasteiger partial charge in [-0.05, 0) is 53.6 Å². The first-order valence-electron chi connectivity index (χ1n) is 8.71. The fourth-order valence-electron chi connectivity index (χ4n) is 3.58. The van der Waals surface area contributed by atoms with Crippen LogP contribution >= 0.6 is 15.9 Å². The molecule has 0 aliphatic rings. The molecular weight excluding hydrogens is 406 g/mol. The molecule has 27 heavy (non-hydrogen) atoms. The highest BCUT2D eigenvalue weighted by molar-refractivity contribution is 9.10. The van der Waals surface area contributed by atoms with Crippen LogP contribution < -0.4 is 0 Å². The molecule has 3 heteroatoms. The van der Waals surface area contributed by atoms with Gasteiger partial charge in [0, 0.05) is 21.0 Å². The van der Waals surface area contributed by atoms with Crippen LogP contribution in [0.2, 0.25) is 0 Å². The average molecular weight is 423 g/mol. The first-order chi connectivity index (χ1) is 13.0. The van der Waals surface area contributed by atoms with E-state index in [1.54, 1.807) is 18.2 Å². The number of rotatable bonds is 2. The third-order valence-electron chi connectivity index (χ3n) is 5.17. The van der Waals surface area contributed by atoms with Gasteiger partial charge in [-0.25, -0.2) is 8.78 Å². The van der Waals surface area contributed by atoms with Gasteiger partial charge in [-0.15, -0.1) is 0 Å². The minimum absolute atomic E-state index is 0.241. The Morgan fingerprint density at radius 1 is 0.630 bits per heavy atom. The van der Waals surface area contributed by atoms with Crippen LogP contribution in [0.1, 0.15) is 11.1 Å². The van der Waals surface area contributed by atoms with Crippen molar-refractivity contribution >= 4 is 26.7 Å². The van der Waals surface area contributed by atoms with Crippen LogP contribution in [-0.2, 0) is 0 Å². The smallest absolute Gasteiger partial charge is 0.138 e. The van der Waals surface area contributed by atoms with Crippen LogP contribution in [0.5, 0.6) is 0 Å². The normalized spacial score (nSPS) is 11.1. The van der Waals surface area contributed by atoms with Gasteiger partial charge in [-0.1, -0.05) is 70.5 Å². The monoisotopic (exact) mass is 422 g/mol. The van der Waals surface area contributed by atoms with Gasteiger partial charge >= 0.3 is 0 Å². The summed E-state index contributed by atoms with van der Waals surface area (Å²) in [4.78, 5) is 0. The molecule has 0 bridgehead atoms. The van der Waals surface area contributed by atoms with Crippen LogP contribution in [0.3, 0.4) is 0 Å². The molecule has 0 heterocycles. The van der Waals surface area contributed by atoms with Crippen molar-refractivity contribution in [2.24, 2.45) is 0 Å². The van der Waals surface area contributed by atoms with E-state index in [-0.39, 0.29) is 11.6 Å². The van der Waals surface area contributed by atoms with Crippen LogP contribution in [0.4, 0.5) is 8.78 Å². The van der Waals surface area contributed by atoms with E-state index in [0.717, 1.165) is 32.1 Å². The Labute approximate surface area is 165 Å². The summed E-state index contributed by atoms with van der Waals surface area (Å²) in [5, 5.41) is 1.42. The highest BCUT2D eigenvalue weighted by Gasteiger charge is 2.17. The molecule has 0 fully saturated rings. The summed E-state index contributed by atoms with van der Waals surface area (Å²) >= 11 is 3.57. The van der Waals surface area contributed by atoms with E-state index in [4.69, 9.17) is 0 Å². The first kappa shape index (κ1) is 17.9. The van der Waals surface area contributed by atoms with Crippen LogP contribution in [0.15, 0.2) is 71.2 Å². The van der Waals surface area contributed by atoms with Crippen molar-refractivity contribution in [3.8, 4) is 22.3 Å². The summed E-state index contributed by atoms with van der Waals surface area (Å²) in [6.07, 6.45) is 0. The molecule has 0 spiro atoms. The summed E-state index contributed by atoms with van der Waals surface area (Å²) in [5.74, 6) is -0.498. The molecule has 0 saturated carbocycles. The zero-order valence-electron chi connectivity index (χ0n) is 15.0. The van der Waals surface area contributed by atoms with Gasteiger partial charge in [0.25, 0.3) is 0 Å². The largest absolute Gasteiger partial charge is 0.206 e. The standard InChI is InChI=1S/C24H17BrF2/c1-14-15(2)17(12-11-16(14)19-8-5-6-10-23(19)26)21-13-22(25)18-7-3-4-9-20(18)24(21)27/h3-13H,1-2H3. The van der Waals surface area contributed by atoms with Crippen LogP contribution in [0, 0.1) is 25.5 Å². The molecule has 0 radical (unpaired) electrons. The van der Waals surface area contributed by atoms with E-state index >= 15 is 4.39 Å². The lowest BCUT2D eigenvalue weighted by molar-refractivity contribution is 0.631. The molecular formula is C24H17BrF2. The summed E-state index contributed by atoms with van der Waals surface area (Å²) < 4.78 is 30.3. The fourth-order valence-corrected chi connectivity index (χ4v) is 4.15. The maximum Gasteiger partial charge on any atom is 0.138 e. The number of halogens is 3. The molecule has 0 aliphatic heterocycles. The molecule has 4 rings (SSSR count). The molecule has 4 aromatic carbocycles. The highest BCUT2D eigenvalue weighted by atomic mass is 79.9. The minimum Gasteiger partial charge on any atom is -0.206 e. The van der Waals surface area contributed by atoms with Crippen molar-refractivity contribution in [1.82, 2.24) is 0 Å². The molecule has 134 valence electrons. The van der Waals surface area contributed by atoms with Gasteiger partial charge in [0.1, 0.15) is 11.6 Å². The zero-order valence-corrected chi connectivity index (χ0v) is 16.6. The molecule has 0 aromatic heterocycles. The highest BCUT2D eigenvalue weighted by Crippen LogP contribution is 2.38. The van der Waals surface area contributed by atoms with Crippen molar-refractivity contribution < 1.29 is 8.78 Å². The second-order valence-corrected chi connectivity index (χ2v) is 7.51. The zero-order chi connectivity index (χ0) is 19.1. The average Bonchev–Trinajstić information content (AvgIpc) is 2.68. The number of fused-ring (bicyclic) bond motifs is 1. The lowest BCUT2D eigenvalue weighted by Gasteiger charge is -2.16. The van der Waals surface area contributed by atoms with E-state index in [9.17, 15) is 4.39 Å². The van der Waals surface area contributed by atoms with E-state index in [1.807, 2.05) is 56.3 Å². The van der Waals surface area contributed by atoms with Gasteiger partial charge in [0.05, 0.1) is 0 Å². The molecule has 0 unspecified atom stereocenters. The Hall–Kier alpha value is -2.52. The molecule has 0 N–H and O–H groups in total. The van der Waals surface area contributed by atoms with Gasteiger partial charge < -0.3 is 0 Å². The predicted molar refractivity (Wildman–Crippen MR) is 112 cm³/mol. The number of hydrogen-bond acceptors (Lipinski definition) is 0. The van der Waals surface area contributed by atoms with Crippen molar-refractivity contribution in [2.75, 3.05) is 0 Å². The van der Waals surface area contributed by atoms with Crippen molar-refractivity contribution in [2.45, 2.75) is 13.8 Å². The van der Waals surface area contributed by atoms with E-state index in [0.29, 0.717) is 16.5 Å². The van der Waals surface area contributed by atoms with Gasteiger partial charge in [0.15, 0.2) is 0 Å². The maximum atomic E-state index is 15.3. The van der Waals surface area contributed by atoms with E-state index in [2.05, 4.69) is 15.9 Å². The first-order valence-corrected chi connectivity index (χ1v) is 9.50. The Bertz CT molecular complexity index is 1180. The molecule has 0 saturated heterocycles. The topological polar surface area (TPSA) is 0 Å². The van der Waals surface area contributed by atoms with Gasteiger partial charge in [-0.2, -0.15) is 0 Å². The lowest BCUT2D eigenvalue weighted by Crippen LogP contribution is -1.96. The molecule has 0 nitrogen and oxygen atoms in total.